The van der Waals surface area contributed by atoms with E-state index >= 15 is 0 Å². The fourth-order valence-electron chi connectivity index (χ4n) is 4.83. The van der Waals surface area contributed by atoms with Crippen molar-refractivity contribution in [3.63, 3.8) is 0 Å². The number of nitriles is 1. The fourth-order valence-corrected chi connectivity index (χ4v) is 4.83. The molecule has 5 N–H and O–H groups in total. The number of primary amides is 1. The summed E-state index contributed by atoms with van der Waals surface area (Å²) in [4.78, 5) is 11.7. The standard InChI is InChI=1S/C28H21N7O2/c29-13-20-23(21-14-35(15-22(30)36)34-25(21)17-7-2-1-3-8-17)24-26(32-33-28(24)37-27(20)31)19-11-10-16-6-4-5-9-18(16)12-19/h1-12,14,23H,15,31H2,(H2,30,36)(H,32,33)/t23-/m0/s1. The maximum Gasteiger partial charge on any atom is 0.244 e. The predicted octanol–water partition coefficient (Wildman–Crippen LogP) is 3.80. The number of benzene rings is 3. The monoisotopic (exact) mass is 487 g/mol. The van der Waals surface area contributed by atoms with Crippen LogP contribution < -0.4 is 16.2 Å². The van der Waals surface area contributed by atoms with E-state index in [-0.39, 0.29) is 23.9 Å². The molecule has 0 aliphatic carbocycles. The number of aromatic amines is 1. The van der Waals surface area contributed by atoms with Gasteiger partial charge in [-0.25, -0.2) is 0 Å². The minimum absolute atomic E-state index is 0.0294. The van der Waals surface area contributed by atoms with Crippen LogP contribution in [-0.2, 0) is 11.3 Å². The molecule has 0 unspecified atom stereocenters. The van der Waals surface area contributed by atoms with E-state index in [2.05, 4.69) is 27.4 Å². The second-order valence-corrected chi connectivity index (χ2v) is 8.77. The van der Waals surface area contributed by atoms with Crippen LogP contribution in [0.25, 0.3) is 33.3 Å². The summed E-state index contributed by atoms with van der Waals surface area (Å²) in [5.74, 6) is -0.924. The van der Waals surface area contributed by atoms with Crippen LogP contribution in [0.15, 0.2) is 90.4 Å². The third kappa shape index (κ3) is 3.77. The number of hydrogen-bond acceptors (Lipinski definition) is 6. The molecule has 37 heavy (non-hydrogen) atoms. The number of aromatic nitrogens is 4. The Balaban J connectivity index is 1.59. The van der Waals surface area contributed by atoms with Gasteiger partial charge in [-0.3, -0.25) is 14.6 Å². The Bertz CT molecular complexity index is 1740. The molecule has 0 radical (unpaired) electrons. The lowest BCUT2D eigenvalue weighted by Gasteiger charge is -2.24. The lowest BCUT2D eigenvalue weighted by atomic mass is 9.82. The summed E-state index contributed by atoms with van der Waals surface area (Å²) in [6, 6.07) is 25.9. The van der Waals surface area contributed by atoms with Gasteiger partial charge in [-0.2, -0.15) is 10.4 Å². The minimum atomic E-state index is -0.647. The van der Waals surface area contributed by atoms with Gasteiger partial charge < -0.3 is 16.2 Å². The van der Waals surface area contributed by atoms with E-state index in [4.69, 9.17) is 16.2 Å². The molecule has 180 valence electrons. The first kappa shape index (κ1) is 22.1. The number of nitrogens with two attached hydrogens (primary N) is 2. The summed E-state index contributed by atoms with van der Waals surface area (Å²) < 4.78 is 7.27. The lowest BCUT2D eigenvalue weighted by Crippen LogP contribution is -2.21. The number of rotatable bonds is 5. The van der Waals surface area contributed by atoms with Crippen molar-refractivity contribution in [1.82, 2.24) is 20.0 Å². The van der Waals surface area contributed by atoms with Crippen LogP contribution in [0.4, 0.5) is 0 Å². The molecule has 2 aromatic heterocycles. The van der Waals surface area contributed by atoms with E-state index in [0.29, 0.717) is 22.5 Å². The van der Waals surface area contributed by atoms with Crippen molar-refractivity contribution >= 4 is 16.7 Å². The first-order chi connectivity index (χ1) is 18.0. The maximum absolute atomic E-state index is 11.7. The number of carbonyl (C=O) groups is 1. The van der Waals surface area contributed by atoms with Gasteiger partial charge in [0, 0.05) is 22.9 Å². The molecule has 0 saturated heterocycles. The molecule has 9 heteroatoms. The first-order valence-electron chi connectivity index (χ1n) is 11.6. The van der Waals surface area contributed by atoms with Gasteiger partial charge in [-0.1, -0.05) is 66.7 Å². The summed E-state index contributed by atoms with van der Waals surface area (Å²) in [5, 5.41) is 24.5. The van der Waals surface area contributed by atoms with E-state index in [1.54, 1.807) is 6.20 Å². The summed E-state index contributed by atoms with van der Waals surface area (Å²) >= 11 is 0. The van der Waals surface area contributed by atoms with Gasteiger partial charge in [-0.05, 0) is 16.8 Å². The highest BCUT2D eigenvalue weighted by atomic mass is 16.5. The largest absolute Gasteiger partial charge is 0.420 e. The van der Waals surface area contributed by atoms with E-state index in [0.717, 1.165) is 21.9 Å². The Kier molecular flexibility index (Phi) is 5.20. The van der Waals surface area contributed by atoms with E-state index in [1.165, 1.54) is 4.68 Å². The minimum Gasteiger partial charge on any atom is -0.420 e. The van der Waals surface area contributed by atoms with Gasteiger partial charge in [0.15, 0.2) is 0 Å². The first-order valence-corrected chi connectivity index (χ1v) is 11.6. The molecule has 0 fully saturated rings. The van der Waals surface area contributed by atoms with Crippen molar-refractivity contribution in [1.29, 1.82) is 5.26 Å². The van der Waals surface area contributed by atoms with Crippen molar-refractivity contribution in [2.24, 2.45) is 11.5 Å². The van der Waals surface area contributed by atoms with E-state index in [1.807, 2.05) is 66.7 Å². The molecule has 5 aromatic rings. The molecule has 6 rings (SSSR count). The van der Waals surface area contributed by atoms with Crippen molar-refractivity contribution in [2.45, 2.75) is 12.5 Å². The third-order valence-corrected chi connectivity index (χ3v) is 6.44. The van der Waals surface area contributed by atoms with Crippen LogP contribution in [0.2, 0.25) is 0 Å². The van der Waals surface area contributed by atoms with Crippen molar-refractivity contribution in [3.8, 4) is 34.5 Å². The number of allylic oxidation sites excluding steroid dienone is 1. The zero-order valence-corrected chi connectivity index (χ0v) is 19.6. The van der Waals surface area contributed by atoms with Gasteiger partial charge in [0.05, 0.1) is 22.9 Å². The maximum atomic E-state index is 11.7. The molecular formula is C28H21N7O2. The van der Waals surface area contributed by atoms with Gasteiger partial charge >= 0.3 is 0 Å². The number of H-pyrrole nitrogens is 1. The Morgan fingerprint density at radius 2 is 1.81 bits per heavy atom. The number of fused-ring (bicyclic) bond motifs is 2. The van der Waals surface area contributed by atoms with Crippen LogP contribution in [0.5, 0.6) is 5.88 Å². The average Bonchev–Trinajstić information content (AvgIpc) is 3.52. The summed E-state index contributed by atoms with van der Waals surface area (Å²) in [5.41, 5.74) is 16.3. The number of hydrogen-bond donors (Lipinski definition) is 3. The van der Waals surface area contributed by atoms with Gasteiger partial charge in [0.2, 0.25) is 17.7 Å². The Labute approximate surface area is 211 Å². The SMILES string of the molecule is N#CC1=C(N)Oc2n[nH]c(-c3ccc4ccccc4c3)c2[C@@H]1c1cn(CC(N)=O)nc1-c1ccccc1. The van der Waals surface area contributed by atoms with Crippen molar-refractivity contribution in [2.75, 3.05) is 0 Å². The smallest absolute Gasteiger partial charge is 0.244 e. The zero-order valence-electron chi connectivity index (χ0n) is 19.6. The summed E-state index contributed by atoms with van der Waals surface area (Å²) in [6.07, 6.45) is 1.73. The molecular weight excluding hydrogens is 466 g/mol. The molecule has 1 aliphatic rings. The van der Waals surface area contributed by atoms with Crippen LogP contribution in [0, 0.1) is 11.3 Å². The molecule has 3 heterocycles. The number of ether oxygens (including phenoxy) is 1. The van der Waals surface area contributed by atoms with Crippen molar-refractivity contribution < 1.29 is 9.53 Å². The Hall–Kier alpha value is -5.36. The molecule has 9 nitrogen and oxygen atoms in total. The molecule has 1 aliphatic heterocycles. The van der Waals surface area contributed by atoms with E-state index < -0.39 is 11.8 Å². The zero-order chi connectivity index (χ0) is 25.5. The van der Waals surface area contributed by atoms with Crippen LogP contribution >= 0.6 is 0 Å². The topological polar surface area (TPSA) is 149 Å². The second kappa shape index (κ2) is 8.70. The number of nitrogens with one attached hydrogen (secondary N) is 1. The van der Waals surface area contributed by atoms with Crippen molar-refractivity contribution in [3.05, 3.63) is 102 Å². The second-order valence-electron chi connectivity index (χ2n) is 8.77. The molecule has 0 spiro atoms. The molecule has 1 amide bonds. The molecule has 0 bridgehead atoms. The van der Waals surface area contributed by atoms with Crippen LogP contribution in [-0.4, -0.2) is 25.9 Å². The number of amides is 1. The van der Waals surface area contributed by atoms with Crippen LogP contribution in [0.3, 0.4) is 0 Å². The van der Waals surface area contributed by atoms with E-state index in [9.17, 15) is 10.1 Å². The predicted molar refractivity (Wildman–Crippen MR) is 138 cm³/mol. The lowest BCUT2D eigenvalue weighted by molar-refractivity contribution is -0.118. The Morgan fingerprint density at radius 3 is 2.57 bits per heavy atom. The number of nitrogens with zero attached hydrogens (tertiary/aromatic N) is 4. The quantitative estimate of drug-likeness (QED) is 0.343. The number of carbonyl (C=O) groups excluding carboxylic acids is 1. The highest BCUT2D eigenvalue weighted by Crippen LogP contribution is 2.48. The average molecular weight is 488 g/mol. The molecule has 1 atom stereocenters. The summed E-state index contributed by atoms with van der Waals surface area (Å²) in [7, 11) is 0. The Morgan fingerprint density at radius 1 is 1.05 bits per heavy atom. The fraction of sp³-hybridized carbons (Fsp3) is 0.0714. The third-order valence-electron chi connectivity index (χ3n) is 6.44. The summed E-state index contributed by atoms with van der Waals surface area (Å²) in [6.45, 7) is -0.111. The highest BCUT2D eigenvalue weighted by molar-refractivity contribution is 5.88. The van der Waals surface area contributed by atoms with Gasteiger partial charge in [0.1, 0.15) is 18.2 Å². The highest BCUT2D eigenvalue weighted by Gasteiger charge is 2.38. The molecule has 0 saturated carbocycles. The normalized spacial score (nSPS) is 14.7. The van der Waals surface area contributed by atoms with Gasteiger partial charge in [0.25, 0.3) is 0 Å². The van der Waals surface area contributed by atoms with Crippen LogP contribution in [0.1, 0.15) is 17.0 Å². The van der Waals surface area contributed by atoms with Gasteiger partial charge in [-0.15, -0.1) is 5.10 Å². The molecule has 3 aromatic carbocycles.